The number of nitrogens with one attached hydrogen (secondary N) is 2. The molecular formula is C16H9BrN4O. The van der Waals surface area contributed by atoms with E-state index in [-0.39, 0.29) is 5.69 Å². The van der Waals surface area contributed by atoms with E-state index in [9.17, 15) is 4.79 Å². The van der Waals surface area contributed by atoms with Gasteiger partial charge in [-0.05, 0) is 23.6 Å². The van der Waals surface area contributed by atoms with E-state index in [2.05, 4.69) is 43.2 Å². The van der Waals surface area contributed by atoms with Gasteiger partial charge in [-0.3, -0.25) is 0 Å². The summed E-state index contributed by atoms with van der Waals surface area (Å²) < 4.78 is 2.61. The first-order valence-electron chi connectivity index (χ1n) is 6.83. The van der Waals surface area contributed by atoms with Crippen molar-refractivity contribution < 1.29 is 0 Å². The van der Waals surface area contributed by atoms with Gasteiger partial charge in [0, 0.05) is 26.1 Å². The van der Waals surface area contributed by atoms with Crippen molar-refractivity contribution in [2.75, 3.05) is 0 Å². The van der Waals surface area contributed by atoms with E-state index in [4.69, 9.17) is 0 Å². The fraction of sp³-hybridized carbons (Fsp3) is 0. The molecule has 5 nitrogen and oxygen atoms in total. The number of benzene rings is 2. The molecule has 3 heterocycles. The minimum absolute atomic E-state index is 0.239. The van der Waals surface area contributed by atoms with Crippen LogP contribution in [0.1, 0.15) is 0 Å². The van der Waals surface area contributed by atoms with Gasteiger partial charge in [0.25, 0.3) is 0 Å². The summed E-state index contributed by atoms with van der Waals surface area (Å²) in [5.74, 6) is 0. The predicted octanol–water partition coefficient (Wildman–Crippen LogP) is 3.57. The molecule has 5 aromatic rings. The van der Waals surface area contributed by atoms with Crippen LogP contribution in [0.3, 0.4) is 0 Å². The summed E-state index contributed by atoms with van der Waals surface area (Å²) in [6.07, 6.45) is 0. The van der Waals surface area contributed by atoms with Crippen LogP contribution < -0.4 is 5.69 Å². The number of aromatic nitrogens is 4. The molecule has 22 heavy (non-hydrogen) atoms. The average Bonchev–Trinajstić information content (AvgIpc) is 3.08. The van der Waals surface area contributed by atoms with Gasteiger partial charge in [0.15, 0.2) is 5.65 Å². The third kappa shape index (κ3) is 1.37. The maximum absolute atomic E-state index is 12.2. The van der Waals surface area contributed by atoms with Crippen LogP contribution in [0.15, 0.2) is 51.7 Å². The molecule has 2 aromatic carbocycles. The highest BCUT2D eigenvalue weighted by atomic mass is 79.9. The lowest BCUT2D eigenvalue weighted by Gasteiger charge is -2.03. The minimum Gasteiger partial charge on any atom is -0.340 e. The molecule has 0 atom stereocenters. The highest BCUT2D eigenvalue weighted by molar-refractivity contribution is 9.10. The molecule has 0 spiro atoms. The van der Waals surface area contributed by atoms with E-state index >= 15 is 0 Å². The molecule has 0 saturated heterocycles. The number of H-pyrrole nitrogens is 2. The molecule has 2 N–H and O–H groups in total. The Morgan fingerprint density at radius 3 is 2.73 bits per heavy atom. The summed E-state index contributed by atoms with van der Waals surface area (Å²) in [4.78, 5) is 15.5. The van der Waals surface area contributed by atoms with Crippen molar-refractivity contribution in [1.82, 2.24) is 19.6 Å². The van der Waals surface area contributed by atoms with Crippen molar-refractivity contribution in [3.63, 3.8) is 0 Å². The number of nitrogens with zero attached hydrogens (tertiary/aromatic N) is 2. The molecule has 106 valence electrons. The molecule has 6 heteroatoms. The molecule has 0 aliphatic heterocycles. The number of fused-ring (bicyclic) bond motifs is 8. The molecular weight excluding hydrogens is 344 g/mol. The number of hydrogen-bond acceptors (Lipinski definition) is 2. The molecule has 3 aromatic heterocycles. The lowest BCUT2D eigenvalue weighted by atomic mass is 10.1. The van der Waals surface area contributed by atoms with Crippen LogP contribution in [0, 0.1) is 0 Å². The third-order valence-electron chi connectivity index (χ3n) is 4.07. The lowest BCUT2D eigenvalue weighted by molar-refractivity contribution is 1.03. The summed E-state index contributed by atoms with van der Waals surface area (Å²) in [6.45, 7) is 0. The van der Waals surface area contributed by atoms with Gasteiger partial charge in [-0.15, -0.1) is 0 Å². The smallest absolute Gasteiger partial charge is 0.340 e. The Kier molecular flexibility index (Phi) is 2.17. The lowest BCUT2D eigenvalue weighted by Crippen LogP contribution is -2.10. The fourth-order valence-corrected chi connectivity index (χ4v) is 3.53. The van der Waals surface area contributed by atoms with Crippen molar-refractivity contribution in [1.29, 1.82) is 0 Å². The average molecular weight is 353 g/mol. The van der Waals surface area contributed by atoms with Crippen LogP contribution in [0.25, 0.3) is 38.4 Å². The van der Waals surface area contributed by atoms with Gasteiger partial charge in [-0.1, -0.05) is 40.2 Å². The van der Waals surface area contributed by atoms with Crippen LogP contribution in [0.2, 0.25) is 0 Å². The molecule has 0 fully saturated rings. The predicted molar refractivity (Wildman–Crippen MR) is 90.4 cm³/mol. The SMILES string of the molecule is O=c1[nH]nc2c3ccccc3c3c4cc(Br)ccc4[nH]c3n12. The van der Waals surface area contributed by atoms with Gasteiger partial charge in [-0.2, -0.15) is 5.10 Å². The first-order chi connectivity index (χ1) is 10.7. The fourth-order valence-electron chi connectivity index (χ4n) is 3.17. The van der Waals surface area contributed by atoms with Gasteiger partial charge >= 0.3 is 5.69 Å². The second-order valence-corrected chi connectivity index (χ2v) is 6.19. The molecule has 5 rings (SSSR count). The van der Waals surface area contributed by atoms with Crippen LogP contribution >= 0.6 is 15.9 Å². The van der Waals surface area contributed by atoms with E-state index in [0.717, 1.165) is 37.2 Å². The molecule has 0 aliphatic carbocycles. The second kappa shape index (κ2) is 3.98. The van der Waals surface area contributed by atoms with E-state index in [0.29, 0.717) is 5.65 Å². The number of hydrogen-bond donors (Lipinski definition) is 2. The van der Waals surface area contributed by atoms with Gasteiger partial charge in [0.2, 0.25) is 0 Å². The van der Waals surface area contributed by atoms with Crippen molar-refractivity contribution in [2.45, 2.75) is 0 Å². The minimum atomic E-state index is -0.239. The van der Waals surface area contributed by atoms with Gasteiger partial charge in [-0.25, -0.2) is 14.3 Å². The number of aromatic amines is 2. The number of pyridine rings is 1. The van der Waals surface area contributed by atoms with E-state index in [1.165, 1.54) is 0 Å². The zero-order chi connectivity index (χ0) is 14.8. The van der Waals surface area contributed by atoms with Gasteiger partial charge in [0.1, 0.15) is 5.65 Å². The van der Waals surface area contributed by atoms with Gasteiger partial charge in [0.05, 0.1) is 0 Å². The maximum Gasteiger partial charge on any atom is 0.349 e. The van der Waals surface area contributed by atoms with Crippen LogP contribution in [0.4, 0.5) is 0 Å². The Morgan fingerprint density at radius 1 is 1.05 bits per heavy atom. The molecule has 0 unspecified atom stereocenters. The quantitative estimate of drug-likeness (QED) is 0.447. The zero-order valence-corrected chi connectivity index (χ0v) is 12.8. The summed E-state index contributed by atoms with van der Waals surface area (Å²) in [7, 11) is 0. The van der Waals surface area contributed by atoms with Crippen molar-refractivity contribution in [2.24, 2.45) is 0 Å². The number of rotatable bonds is 0. The third-order valence-corrected chi connectivity index (χ3v) is 4.57. The van der Waals surface area contributed by atoms with E-state index in [1.807, 2.05) is 30.3 Å². The molecule has 0 radical (unpaired) electrons. The highest BCUT2D eigenvalue weighted by Crippen LogP contribution is 2.34. The molecule has 0 saturated carbocycles. The largest absolute Gasteiger partial charge is 0.349 e. The molecule has 0 amide bonds. The van der Waals surface area contributed by atoms with E-state index in [1.54, 1.807) is 4.40 Å². The van der Waals surface area contributed by atoms with E-state index < -0.39 is 0 Å². The first kappa shape index (κ1) is 12.0. The Morgan fingerprint density at radius 2 is 1.86 bits per heavy atom. The van der Waals surface area contributed by atoms with Gasteiger partial charge < -0.3 is 4.98 Å². The Hall–Kier alpha value is -2.60. The van der Waals surface area contributed by atoms with Crippen molar-refractivity contribution in [3.05, 3.63) is 57.4 Å². The van der Waals surface area contributed by atoms with Crippen molar-refractivity contribution in [3.8, 4) is 0 Å². The van der Waals surface area contributed by atoms with Crippen LogP contribution in [-0.4, -0.2) is 19.6 Å². The number of halogens is 1. The Labute approximate surface area is 131 Å². The Balaban J connectivity index is 2.26. The normalized spacial score (nSPS) is 12.0. The maximum atomic E-state index is 12.2. The summed E-state index contributed by atoms with van der Waals surface area (Å²) in [5, 5.41) is 10.9. The highest BCUT2D eigenvalue weighted by Gasteiger charge is 2.16. The first-order valence-corrected chi connectivity index (χ1v) is 7.62. The second-order valence-electron chi connectivity index (χ2n) is 5.27. The molecule has 0 aliphatic rings. The summed E-state index contributed by atoms with van der Waals surface area (Å²) >= 11 is 3.52. The van der Waals surface area contributed by atoms with Crippen LogP contribution in [0.5, 0.6) is 0 Å². The summed E-state index contributed by atoms with van der Waals surface area (Å²) in [5.41, 5.74) is 2.15. The summed E-state index contributed by atoms with van der Waals surface area (Å²) in [6, 6.07) is 14.1. The standard InChI is InChI=1S/C16H9BrN4O/c17-8-5-6-12-11(7-8)13-9-3-1-2-4-10(9)14-19-20-16(22)21(14)15(13)18-12/h1-7,18H,(H,20,22). The van der Waals surface area contributed by atoms with Crippen molar-refractivity contribution >= 4 is 54.3 Å². The zero-order valence-electron chi connectivity index (χ0n) is 11.2. The Bertz CT molecular complexity index is 1260. The monoisotopic (exact) mass is 352 g/mol. The topological polar surface area (TPSA) is 66.0 Å². The van der Waals surface area contributed by atoms with Crippen LogP contribution in [-0.2, 0) is 0 Å². The molecule has 0 bridgehead atoms.